The minimum atomic E-state index is 0. The van der Waals surface area contributed by atoms with Gasteiger partial charge in [0.15, 0.2) is 0 Å². The van der Waals surface area contributed by atoms with Crippen molar-refractivity contribution in [3.05, 3.63) is 0 Å². The summed E-state index contributed by atoms with van der Waals surface area (Å²) >= 11 is 0. The minimum Gasteiger partial charge on any atom is -1.00 e. The van der Waals surface area contributed by atoms with Crippen LogP contribution in [0.5, 0.6) is 0 Å². The fourth-order valence-electron chi connectivity index (χ4n) is 0. The Morgan fingerprint density at radius 3 is 0.429 bits per heavy atom. The largest absolute Gasteiger partial charge is 4.00 e. The summed E-state index contributed by atoms with van der Waals surface area (Å²) in [4.78, 5) is 0. The number of hydrogen-bond donors (Lipinski definition) is 0. The minimum absolute atomic E-state index is 0. The van der Waals surface area contributed by atoms with E-state index < -0.39 is 0 Å². The normalized spacial score (nSPS) is 0. The molecule has 0 aliphatic rings. The second-order valence-electron chi connectivity index (χ2n) is 0. The molecule has 0 saturated heterocycles. The third-order valence-electron chi connectivity index (χ3n) is 0. The van der Waals surface area contributed by atoms with Gasteiger partial charge >= 0.3 is 29.8 Å². The van der Waals surface area contributed by atoms with Gasteiger partial charge in [0.25, 0.3) is 0 Å². The second-order valence-corrected chi connectivity index (χ2v) is 0. The Kier molecular flexibility index (Phi) is 185000. The van der Waals surface area contributed by atoms with Gasteiger partial charge in [0.2, 0.25) is 0 Å². The van der Waals surface area contributed by atoms with Crippen LogP contribution in [0.25, 0.3) is 0 Å². The SMILES string of the molecule is [F-].[F-].[F-].[F-].[F-].[Li+].[Si+4]. The molecule has 0 fully saturated rings. The molecule has 0 aliphatic heterocycles. The summed E-state index contributed by atoms with van der Waals surface area (Å²) in [6.45, 7) is 0. The maximum Gasteiger partial charge on any atom is 4.00 e. The molecule has 0 amide bonds. The van der Waals surface area contributed by atoms with E-state index >= 15 is 0 Å². The van der Waals surface area contributed by atoms with E-state index in [0.717, 1.165) is 0 Å². The van der Waals surface area contributed by atoms with Crippen molar-refractivity contribution in [2.45, 2.75) is 0 Å². The van der Waals surface area contributed by atoms with Crippen molar-refractivity contribution in [1.82, 2.24) is 0 Å². The molecule has 0 N–H and O–H groups in total. The van der Waals surface area contributed by atoms with Crippen molar-refractivity contribution in [3.8, 4) is 0 Å². The van der Waals surface area contributed by atoms with Crippen LogP contribution in [-0.4, -0.2) is 11.0 Å². The van der Waals surface area contributed by atoms with Crippen molar-refractivity contribution in [3.63, 3.8) is 0 Å². The molecule has 7 heteroatoms. The fraction of sp³-hybridized carbons (Fsp3) is 0. The zero-order valence-electron chi connectivity index (χ0n) is 3.39. The van der Waals surface area contributed by atoms with Gasteiger partial charge < -0.3 is 23.5 Å². The third-order valence-corrected chi connectivity index (χ3v) is 0. The molecule has 0 rings (SSSR count). The average molecular weight is 130 g/mol. The maximum atomic E-state index is 0. The van der Waals surface area contributed by atoms with E-state index in [0.29, 0.717) is 0 Å². The van der Waals surface area contributed by atoms with E-state index in [1.54, 1.807) is 0 Å². The molecule has 0 atom stereocenters. The molecule has 0 aliphatic carbocycles. The van der Waals surface area contributed by atoms with Crippen molar-refractivity contribution in [2.24, 2.45) is 0 Å². The van der Waals surface area contributed by atoms with Crippen molar-refractivity contribution in [1.29, 1.82) is 0 Å². The molecule has 0 nitrogen and oxygen atoms in total. The van der Waals surface area contributed by atoms with Crippen LogP contribution in [0.15, 0.2) is 0 Å². The predicted octanol–water partition coefficient (Wildman–Crippen LogP) is -18.4. The zero-order valence-corrected chi connectivity index (χ0v) is 4.39. The van der Waals surface area contributed by atoms with Gasteiger partial charge in [-0.2, -0.15) is 0 Å². The van der Waals surface area contributed by atoms with E-state index in [2.05, 4.69) is 0 Å². The van der Waals surface area contributed by atoms with Crippen LogP contribution < -0.4 is 42.4 Å². The predicted molar refractivity (Wildman–Crippen MR) is 5.75 cm³/mol. The van der Waals surface area contributed by atoms with Crippen molar-refractivity contribution in [2.75, 3.05) is 0 Å². The van der Waals surface area contributed by atoms with Crippen LogP contribution in [0.1, 0.15) is 0 Å². The summed E-state index contributed by atoms with van der Waals surface area (Å²) in [5.41, 5.74) is 0. The van der Waals surface area contributed by atoms with Gasteiger partial charge in [0.1, 0.15) is 0 Å². The Morgan fingerprint density at radius 2 is 0.429 bits per heavy atom. The van der Waals surface area contributed by atoms with Gasteiger partial charge in [-0.15, -0.1) is 0 Å². The first kappa shape index (κ1) is 1450. The molecule has 0 saturated carbocycles. The first-order valence-corrected chi connectivity index (χ1v) is 0. The van der Waals surface area contributed by atoms with Crippen LogP contribution in [0.3, 0.4) is 0 Å². The zero-order chi connectivity index (χ0) is 0. The molecular formula is F5LiSi. The quantitative estimate of drug-likeness (QED) is 0.225. The molecule has 40 valence electrons. The molecule has 0 radical (unpaired) electrons. The van der Waals surface area contributed by atoms with E-state index in [-0.39, 0.29) is 53.3 Å². The molecule has 0 aromatic heterocycles. The van der Waals surface area contributed by atoms with Gasteiger partial charge in [0, 0.05) is 0 Å². The summed E-state index contributed by atoms with van der Waals surface area (Å²) in [7, 11) is 0. The Morgan fingerprint density at radius 1 is 0.429 bits per heavy atom. The molecule has 0 unspecified atom stereocenters. The van der Waals surface area contributed by atoms with Crippen molar-refractivity contribution < 1.29 is 42.4 Å². The average Bonchev–Trinajstić information content (AvgIpc) is 0. The van der Waals surface area contributed by atoms with Gasteiger partial charge in [-0.05, 0) is 0 Å². The van der Waals surface area contributed by atoms with Crippen LogP contribution in [-0.2, 0) is 0 Å². The van der Waals surface area contributed by atoms with E-state index in [1.165, 1.54) is 0 Å². The molecule has 0 aromatic carbocycles. The van der Waals surface area contributed by atoms with Gasteiger partial charge in [-0.25, -0.2) is 0 Å². The van der Waals surface area contributed by atoms with E-state index in [9.17, 15) is 0 Å². The maximum absolute atomic E-state index is 0. The Hall–Kier alpha value is 0.464. The van der Waals surface area contributed by atoms with E-state index in [4.69, 9.17) is 0 Å². The van der Waals surface area contributed by atoms with Gasteiger partial charge in [-0.1, -0.05) is 0 Å². The standard InChI is InChI=1S/5FH.Li.Si/h5*1H;;/q;;;;;+1;+4/p-5. The van der Waals surface area contributed by atoms with Crippen LogP contribution in [0.4, 0.5) is 0 Å². The summed E-state index contributed by atoms with van der Waals surface area (Å²) in [6.07, 6.45) is 0. The van der Waals surface area contributed by atoms with Crippen molar-refractivity contribution >= 4 is 11.0 Å². The summed E-state index contributed by atoms with van der Waals surface area (Å²) in [5, 5.41) is 0. The molecule has 0 spiro atoms. The number of hydrogen-bond acceptors (Lipinski definition) is 0. The number of halogens is 5. The molecule has 7 heavy (non-hydrogen) atoms. The van der Waals surface area contributed by atoms with Crippen LogP contribution in [0, 0.1) is 0 Å². The first-order valence-electron chi connectivity index (χ1n) is 0. The topological polar surface area (TPSA) is 0 Å². The fourth-order valence-corrected chi connectivity index (χ4v) is 0. The molecule has 0 bridgehead atoms. The Labute approximate surface area is 54.1 Å². The van der Waals surface area contributed by atoms with Gasteiger partial charge in [-0.3, -0.25) is 0 Å². The monoisotopic (exact) mass is 130 g/mol. The summed E-state index contributed by atoms with van der Waals surface area (Å²) in [5.74, 6) is 0. The summed E-state index contributed by atoms with van der Waals surface area (Å²) < 4.78 is 0. The molecule has 0 heterocycles. The smallest absolute Gasteiger partial charge is 1.00 e. The van der Waals surface area contributed by atoms with Crippen LogP contribution in [0.2, 0.25) is 0 Å². The van der Waals surface area contributed by atoms with E-state index in [1.807, 2.05) is 0 Å². The summed E-state index contributed by atoms with van der Waals surface area (Å²) in [6, 6.07) is 0. The Balaban J connectivity index is 0. The molecule has 0 aromatic rings. The number of rotatable bonds is 0. The van der Waals surface area contributed by atoms with Gasteiger partial charge in [0.05, 0.1) is 0 Å². The third kappa shape index (κ3) is 598. The first-order chi connectivity index (χ1) is 0. The van der Waals surface area contributed by atoms with Crippen LogP contribution >= 0.6 is 0 Å². The molecular weight excluding hydrogens is 130 g/mol. The second kappa shape index (κ2) is 895. The Bertz CT molecular complexity index is 8.04.